The number of nitrogens with zero attached hydrogens (tertiary/aromatic N) is 5. The molecular formula is C9H8N6O. The molecule has 0 saturated carbocycles. The van der Waals surface area contributed by atoms with Crippen molar-refractivity contribution in [3.8, 4) is 0 Å². The zero-order valence-corrected chi connectivity index (χ0v) is 8.24. The third-order valence-electron chi connectivity index (χ3n) is 2.12. The van der Waals surface area contributed by atoms with Gasteiger partial charge in [0.15, 0.2) is 6.61 Å². The summed E-state index contributed by atoms with van der Waals surface area (Å²) in [6, 6.07) is 7.57. The molecule has 2 aromatic heterocycles. The van der Waals surface area contributed by atoms with Gasteiger partial charge in [-0.25, -0.2) is 0 Å². The van der Waals surface area contributed by atoms with E-state index in [4.69, 9.17) is 4.84 Å². The third-order valence-corrected chi connectivity index (χ3v) is 2.12. The van der Waals surface area contributed by atoms with E-state index in [9.17, 15) is 0 Å². The van der Waals surface area contributed by atoms with Gasteiger partial charge >= 0.3 is 0 Å². The van der Waals surface area contributed by atoms with Crippen LogP contribution in [0.3, 0.4) is 0 Å². The average molecular weight is 216 g/mol. The van der Waals surface area contributed by atoms with E-state index in [1.165, 1.54) is 4.85 Å². The maximum atomic E-state index is 5.42. The van der Waals surface area contributed by atoms with Crippen molar-refractivity contribution in [1.82, 2.24) is 30.6 Å². The zero-order valence-electron chi connectivity index (χ0n) is 8.24. The Morgan fingerprint density at radius 3 is 3.12 bits per heavy atom. The zero-order chi connectivity index (χ0) is 10.8. The molecule has 0 spiro atoms. The lowest BCUT2D eigenvalue weighted by Gasteiger charge is -2.01. The second-order valence-electron chi connectivity index (χ2n) is 3.19. The number of rotatable bonds is 3. The number of para-hydroxylation sites is 1. The van der Waals surface area contributed by atoms with Gasteiger partial charge in [-0.3, -0.25) is 0 Å². The first-order valence-corrected chi connectivity index (χ1v) is 4.72. The molecule has 3 rings (SSSR count). The summed E-state index contributed by atoms with van der Waals surface area (Å²) in [4.78, 5) is 6.80. The predicted octanol–water partition coefficient (Wildman–Crippen LogP) is 0.178. The van der Waals surface area contributed by atoms with Crippen LogP contribution in [0.25, 0.3) is 11.0 Å². The fraction of sp³-hybridized carbons (Fsp3) is 0.111. The Kier molecular flexibility index (Phi) is 1.99. The molecule has 0 bridgehead atoms. The Hall–Kier alpha value is -2.44. The highest BCUT2D eigenvalue weighted by Crippen LogP contribution is 2.08. The van der Waals surface area contributed by atoms with E-state index >= 15 is 0 Å². The maximum absolute atomic E-state index is 5.42. The average Bonchev–Trinajstić information content (AvgIpc) is 2.96. The highest BCUT2D eigenvalue weighted by atomic mass is 16.7. The molecule has 0 aliphatic carbocycles. The first kappa shape index (κ1) is 8.84. The lowest BCUT2D eigenvalue weighted by atomic mass is 10.3. The molecule has 0 fully saturated rings. The van der Waals surface area contributed by atoms with Crippen LogP contribution in [-0.4, -0.2) is 30.6 Å². The van der Waals surface area contributed by atoms with Gasteiger partial charge in [0.05, 0.1) is 6.20 Å². The van der Waals surface area contributed by atoms with Crippen LogP contribution in [-0.2, 0) is 6.61 Å². The fourth-order valence-electron chi connectivity index (χ4n) is 1.36. The highest BCUT2D eigenvalue weighted by molar-refractivity contribution is 5.73. The molecular weight excluding hydrogens is 208 g/mol. The van der Waals surface area contributed by atoms with Gasteiger partial charge in [-0.15, -0.1) is 5.10 Å². The monoisotopic (exact) mass is 216 g/mol. The van der Waals surface area contributed by atoms with Crippen molar-refractivity contribution in [3.63, 3.8) is 0 Å². The van der Waals surface area contributed by atoms with Crippen LogP contribution in [0.2, 0.25) is 0 Å². The van der Waals surface area contributed by atoms with Gasteiger partial charge in [-0.2, -0.15) is 15.4 Å². The summed E-state index contributed by atoms with van der Waals surface area (Å²) < 4.78 is 0. The van der Waals surface area contributed by atoms with Crippen molar-refractivity contribution in [2.75, 3.05) is 0 Å². The van der Waals surface area contributed by atoms with E-state index in [1.807, 2.05) is 24.3 Å². The molecule has 7 nitrogen and oxygen atoms in total. The van der Waals surface area contributed by atoms with Crippen LogP contribution in [0.5, 0.6) is 0 Å². The van der Waals surface area contributed by atoms with Crippen LogP contribution in [0, 0.1) is 0 Å². The van der Waals surface area contributed by atoms with Gasteiger partial charge in [0.2, 0.25) is 0 Å². The summed E-state index contributed by atoms with van der Waals surface area (Å²) in [6.45, 7) is 0.295. The first-order valence-electron chi connectivity index (χ1n) is 4.72. The Bertz CT molecular complexity index is 587. The molecule has 80 valence electrons. The fourth-order valence-corrected chi connectivity index (χ4v) is 1.36. The van der Waals surface area contributed by atoms with Crippen molar-refractivity contribution in [2.45, 2.75) is 6.61 Å². The minimum Gasteiger partial charge on any atom is -0.388 e. The Morgan fingerprint density at radius 1 is 1.31 bits per heavy atom. The van der Waals surface area contributed by atoms with Gasteiger partial charge < -0.3 is 4.84 Å². The maximum Gasteiger partial charge on any atom is 0.162 e. The summed E-state index contributed by atoms with van der Waals surface area (Å²) in [5.74, 6) is 0. The molecule has 1 aromatic carbocycles. The van der Waals surface area contributed by atoms with Crippen LogP contribution < -0.4 is 4.84 Å². The first-order chi connectivity index (χ1) is 7.93. The highest BCUT2D eigenvalue weighted by Gasteiger charge is 2.04. The second-order valence-corrected chi connectivity index (χ2v) is 3.19. The van der Waals surface area contributed by atoms with Crippen molar-refractivity contribution < 1.29 is 4.84 Å². The summed E-state index contributed by atoms with van der Waals surface area (Å²) >= 11 is 0. The van der Waals surface area contributed by atoms with E-state index in [0.717, 1.165) is 11.0 Å². The predicted molar refractivity (Wildman–Crippen MR) is 54.2 cm³/mol. The van der Waals surface area contributed by atoms with Gasteiger partial charge in [0.1, 0.15) is 16.7 Å². The molecule has 2 heterocycles. The third kappa shape index (κ3) is 1.48. The van der Waals surface area contributed by atoms with Crippen LogP contribution in [0.4, 0.5) is 0 Å². The molecule has 7 heteroatoms. The number of hydrogen-bond donors (Lipinski definition) is 1. The lowest BCUT2D eigenvalue weighted by Crippen LogP contribution is -2.12. The number of fused-ring (bicyclic) bond motifs is 1. The normalized spacial score (nSPS) is 10.8. The number of hydrogen-bond acceptors (Lipinski definition) is 5. The molecule has 0 aliphatic heterocycles. The Balaban J connectivity index is 1.84. The van der Waals surface area contributed by atoms with Crippen LogP contribution >= 0.6 is 0 Å². The molecule has 1 N–H and O–H groups in total. The number of aromatic nitrogens is 6. The molecule has 0 amide bonds. The van der Waals surface area contributed by atoms with Crippen LogP contribution in [0.1, 0.15) is 5.69 Å². The molecule has 3 aromatic rings. The second kappa shape index (κ2) is 3.61. The van der Waals surface area contributed by atoms with Gasteiger partial charge in [0, 0.05) is 0 Å². The number of H-pyrrole nitrogens is 1. The SMILES string of the molecule is c1ccc2c(c1)nnn2OCc1cn[nH]n1. The van der Waals surface area contributed by atoms with Crippen molar-refractivity contribution in [1.29, 1.82) is 0 Å². The molecule has 0 atom stereocenters. The van der Waals surface area contributed by atoms with Gasteiger partial charge in [0.25, 0.3) is 0 Å². The lowest BCUT2D eigenvalue weighted by molar-refractivity contribution is 0.0731. The number of aromatic amines is 1. The van der Waals surface area contributed by atoms with E-state index in [1.54, 1.807) is 6.20 Å². The number of nitrogens with one attached hydrogen (secondary N) is 1. The summed E-state index contributed by atoms with van der Waals surface area (Å²) in [6.07, 6.45) is 1.60. The van der Waals surface area contributed by atoms with Crippen molar-refractivity contribution in [2.24, 2.45) is 0 Å². The largest absolute Gasteiger partial charge is 0.388 e. The van der Waals surface area contributed by atoms with Crippen LogP contribution in [0.15, 0.2) is 30.5 Å². The van der Waals surface area contributed by atoms with Gasteiger partial charge in [-0.05, 0) is 17.3 Å². The van der Waals surface area contributed by atoms with Crippen molar-refractivity contribution in [3.05, 3.63) is 36.2 Å². The Morgan fingerprint density at radius 2 is 2.25 bits per heavy atom. The minimum atomic E-state index is 0.295. The summed E-state index contributed by atoms with van der Waals surface area (Å²) in [5, 5.41) is 17.9. The number of benzene rings is 1. The minimum absolute atomic E-state index is 0.295. The summed E-state index contributed by atoms with van der Waals surface area (Å²) in [7, 11) is 0. The van der Waals surface area contributed by atoms with Crippen molar-refractivity contribution >= 4 is 11.0 Å². The molecule has 0 unspecified atom stereocenters. The summed E-state index contributed by atoms with van der Waals surface area (Å²) in [5.41, 5.74) is 2.33. The smallest absolute Gasteiger partial charge is 0.162 e. The Labute approximate surface area is 90.0 Å². The van der Waals surface area contributed by atoms with E-state index < -0.39 is 0 Å². The van der Waals surface area contributed by atoms with E-state index in [2.05, 4.69) is 25.7 Å². The standard InChI is InChI=1S/C9H8N6O/c1-2-4-9-8(3-1)12-14-15(9)16-6-7-5-10-13-11-7/h1-5H,6H2,(H,10,11,13). The molecule has 0 radical (unpaired) electrons. The molecule has 0 saturated heterocycles. The van der Waals surface area contributed by atoms with E-state index in [-0.39, 0.29) is 0 Å². The molecule has 0 aliphatic rings. The molecule has 16 heavy (non-hydrogen) atoms. The van der Waals surface area contributed by atoms with Gasteiger partial charge in [-0.1, -0.05) is 17.0 Å². The van der Waals surface area contributed by atoms with E-state index in [0.29, 0.717) is 12.3 Å². The topological polar surface area (TPSA) is 81.5 Å². The quantitative estimate of drug-likeness (QED) is 0.675.